The maximum absolute atomic E-state index is 10.7. The first kappa shape index (κ1) is 29.5. The van der Waals surface area contributed by atoms with Crippen LogP contribution < -0.4 is 0 Å². The molecule has 9 nitrogen and oxygen atoms in total. The van der Waals surface area contributed by atoms with E-state index < -0.39 is 42.3 Å². The van der Waals surface area contributed by atoms with Gasteiger partial charge >= 0.3 is 0 Å². The molecule has 0 amide bonds. The molecule has 0 aromatic heterocycles. The van der Waals surface area contributed by atoms with Crippen LogP contribution in [-0.4, -0.2) is 87.6 Å². The fourth-order valence-electron chi connectivity index (χ4n) is 13.4. The number of hydrogen-bond acceptors (Lipinski definition) is 9. The lowest BCUT2D eigenvalue weighted by Gasteiger charge is -2.60. The van der Waals surface area contributed by atoms with Crippen molar-refractivity contribution in [3.05, 3.63) is 11.6 Å². The van der Waals surface area contributed by atoms with Gasteiger partial charge in [-0.15, -0.1) is 0 Å². The number of ether oxygens (including phenoxy) is 5. The van der Waals surface area contributed by atoms with Gasteiger partial charge in [0.2, 0.25) is 5.79 Å². The number of epoxide rings is 1. The van der Waals surface area contributed by atoms with Gasteiger partial charge in [-0.05, 0) is 96.7 Å². The first-order valence-corrected chi connectivity index (χ1v) is 17.3. The summed E-state index contributed by atoms with van der Waals surface area (Å²) in [5.74, 6) is 0.460. The molecule has 0 radical (unpaired) electrons. The zero-order chi connectivity index (χ0) is 31.0. The van der Waals surface area contributed by atoms with Crippen molar-refractivity contribution < 1.29 is 44.1 Å². The van der Waals surface area contributed by atoms with Crippen molar-refractivity contribution in [2.45, 2.75) is 154 Å². The Kier molecular flexibility index (Phi) is 5.70. The Morgan fingerprint density at radius 1 is 0.909 bits per heavy atom. The molecule has 4 heterocycles. The van der Waals surface area contributed by atoms with Crippen molar-refractivity contribution >= 4 is 0 Å². The number of rotatable bonds is 2. The van der Waals surface area contributed by atoms with E-state index in [1.54, 1.807) is 5.57 Å². The van der Waals surface area contributed by atoms with Crippen molar-refractivity contribution in [3.63, 3.8) is 0 Å². The Morgan fingerprint density at radius 3 is 2.39 bits per heavy atom. The molecule has 17 atom stereocenters. The summed E-state index contributed by atoms with van der Waals surface area (Å²) in [5, 5.41) is 41.4. The molecule has 0 aromatic rings. The van der Waals surface area contributed by atoms with Crippen LogP contribution in [-0.2, 0) is 23.7 Å². The van der Waals surface area contributed by atoms with E-state index in [2.05, 4.69) is 40.7 Å². The topological polar surface area (TPSA) is 130 Å². The Hall–Kier alpha value is -0.620. The van der Waals surface area contributed by atoms with Crippen molar-refractivity contribution in [3.8, 4) is 0 Å². The van der Waals surface area contributed by atoms with Gasteiger partial charge in [-0.3, -0.25) is 0 Å². The fraction of sp³-hybridized carbons (Fsp3) is 0.943. The molecule has 3 spiro atoms. The summed E-state index contributed by atoms with van der Waals surface area (Å²) in [6.07, 6.45) is 5.31. The third kappa shape index (κ3) is 3.19. The number of fused-ring (bicyclic) bond motifs is 6. The zero-order valence-corrected chi connectivity index (χ0v) is 27.1. The number of aliphatic hydroxyl groups excluding tert-OH is 4. The van der Waals surface area contributed by atoms with Gasteiger partial charge in [0.15, 0.2) is 12.6 Å². The van der Waals surface area contributed by atoms with Crippen LogP contribution >= 0.6 is 0 Å². The van der Waals surface area contributed by atoms with E-state index in [0.29, 0.717) is 17.8 Å². The smallest absolute Gasteiger partial charge is 0.201 e. The quantitative estimate of drug-likeness (QED) is 0.272. The molecular formula is C35H52O9. The molecule has 9 aliphatic rings. The maximum Gasteiger partial charge on any atom is 0.201 e. The molecular weight excluding hydrogens is 564 g/mol. The average molecular weight is 617 g/mol. The first-order valence-electron chi connectivity index (χ1n) is 17.3. The van der Waals surface area contributed by atoms with Crippen molar-refractivity contribution in [2.24, 2.45) is 44.8 Å². The van der Waals surface area contributed by atoms with Crippen LogP contribution in [0.5, 0.6) is 0 Å². The molecule has 9 heteroatoms. The van der Waals surface area contributed by atoms with E-state index in [-0.39, 0.29) is 52.0 Å². The molecule has 44 heavy (non-hydrogen) atoms. The van der Waals surface area contributed by atoms with Crippen LogP contribution in [0.25, 0.3) is 0 Å². The van der Waals surface area contributed by atoms with Crippen LogP contribution in [0.4, 0.5) is 0 Å². The van der Waals surface area contributed by atoms with E-state index >= 15 is 0 Å². The Bertz CT molecular complexity index is 1300. The lowest BCUT2D eigenvalue weighted by Crippen LogP contribution is -2.58. The van der Waals surface area contributed by atoms with Crippen LogP contribution in [0.3, 0.4) is 0 Å². The molecule has 0 aromatic carbocycles. The minimum Gasteiger partial charge on any atom is -0.388 e. The summed E-state index contributed by atoms with van der Waals surface area (Å²) in [6, 6.07) is 0. The Balaban J connectivity index is 1.00. The molecule has 9 rings (SSSR count). The molecule has 4 N–H and O–H groups in total. The summed E-state index contributed by atoms with van der Waals surface area (Å²) in [4.78, 5) is 0. The Morgan fingerprint density at radius 2 is 1.68 bits per heavy atom. The second kappa shape index (κ2) is 8.50. The van der Waals surface area contributed by atoms with E-state index in [0.717, 1.165) is 32.1 Å². The van der Waals surface area contributed by atoms with E-state index in [4.69, 9.17) is 23.7 Å². The van der Waals surface area contributed by atoms with Crippen molar-refractivity contribution in [1.29, 1.82) is 0 Å². The van der Waals surface area contributed by atoms with Gasteiger partial charge in [-0.1, -0.05) is 46.3 Å². The molecule has 4 saturated heterocycles. The monoisotopic (exact) mass is 616 g/mol. The van der Waals surface area contributed by atoms with Crippen molar-refractivity contribution in [2.75, 3.05) is 6.61 Å². The van der Waals surface area contributed by atoms with Gasteiger partial charge in [0.05, 0.1) is 18.8 Å². The van der Waals surface area contributed by atoms with Gasteiger partial charge in [0.1, 0.15) is 30.0 Å². The second-order valence-electron chi connectivity index (χ2n) is 17.8. The molecule has 5 aliphatic carbocycles. The maximum atomic E-state index is 10.7. The summed E-state index contributed by atoms with van der Waals surface area (Å²) < 4.78 is 31.3. The van der Waals surface area contributed by atoms with Crippen LogP contribution in [0, 0.1) is 44.8 Å². The van der Waals surface area contributed by atoms with Crippen molar-refractivity contribution in [1.82, 2.24) is 0 Å². The molecule has 4 aliphatic heterocycles. The first-order chi connectivity index (χ1) is 20.6. The van der Waals surface area contributed by atoms with Gasteiger partial charge < -0.3 is 44.1 Å². The van der Waals surface area contributed by atoms with E-state index in [9.17, 15) is 20.4 Å². The molecule has 246 valence electrons. The van der Waals surface area contributed by atoms with Crippen LogP contribution in [0.15, 0.2) is 11.6 Å². The van der Waals surface area contributed by atoms with Gasteiger partial charge in [-0.2, -0.15) is 0 Å². The standard InChI is InChI=1S/C35H52O9/c1-17-13-35(27-32(6,43-27)28(39)44-35)42-19-14-31(5)21-8-7-20-29(2,3)22(41-26-25(38)24(37)18(36)15-40-26)9-10-33(20)16-34(21,33)12-11-30(31,4)23(17)19/h8,17-20,22-28,36-39H,7,9-16H2,1-6H3. The van der Waals surface area contributed by atoms with E-state index in [1.165, 1.54) is 19.3 Å². The third-order valence-electron chi connectivity index (χ3n) is 15.8. The highest BCUT2D eigenvalue weighted by Gasteiger charge is 2.83. The average Bonchev–Trinajstić information content (AvgIpc) is 3.80. The van der Waals surface area contributed by atoms with Gasteiger partial charge in [0.25, 0.3) is 0 Å². The minimum atomic E-state index is -1.26. The second-order valence-corrected chi connectivity index (χ2v) is 17.8. The Labute approximate surface area is 260 Å². The predicted molar refractivity (Wildman–Crippen MR) is 157 cm³/mol. The van der Waals surface area contributed by atoms with Gasteiger partial charge in [0, 0.05) is 6.42 Å². The highest BCUT2D eigenvalue weighted by Crippen LogP contribution is 2.88. The normalized spacial score (nSPS) is 64.6. The summed E-state index contributed by atoms with van der Waals surface area (Å²) >= 11 is 0. The van der Waals surface area contributed by atoms with E-state index in [1.807, 2.05) is 6.92 Å². The summed E-state index contributed by atoms with van der Waals surface area (Å²) in [6.45, 7) is 14.0. The SMILES string of the molecule is CC1CC2(OC3CC4(C)C5=CCC6C(C)(C)C(OC7OCC(O)C(O)C7O)CCC67CC57CCC4(C)C13)OC(O)C1(C)OC21. The number of hydrogen-bond donors (Lipinski definition) is 4. The van der Waals surface area contributed by atoms with Crippen LogP contribution in [0.1, 0.15) is 92.9 Å². The summed E-state index contributed by atoms with van der Waals surface area (Å²) in [5.41, 5.74) is 1.56. The lowest BCUT2D eigenvalue weighted by atomic mass is 9.45. The number of aliphatic hydroxyl groups is 4. The molecule has 4 saturated carbocycles. The predicted octanol–water partition coefficient (Wildman–Crippen LogP) is 3.41. The minimum absolute atomic E-state index is 0.0360. The molecule has 8 fully saturated rings. The fourth-order valence-corrected chi connectivity index (χ4v) is 13.4. The highest BCUT2D eigenvalue weighted by molar-refractivity contribution is 5.46. The van der Waals surface area contributed by atoms with Gasteiger partial charge in [-0.25, -0.2) is 0 Å². The highest BCUT2D eigenvalue weighted by atomic mass is 16.8. The molecule has 0 bridgehead atoms. The van der Waals surface area contributed by atoms with Crippen LogP contribution in [0.2, 0.25) is 0 Å². The largest absolute Gasteiger partial charge is 0.388 e. The zero-order valence-electron chi connectivity index (χ0n) is 27.1. The summed E-state index contributed by atoms with van der Waals surface area (Å²) in [7, 11) is 0. The molecule has 17 unspecified atom stereocenters. The third-order valence-corrected chi connectivity index (χ3v) is 15.8. The number of allylic oxidation sites excluding steroid dienone is 2. The lowest BCUT2D eigenvalue weighted by molar-refractivity contribution is -0.344.